The molecule has 0 saturated carbocycles. The topological polar surface area (TPSA) is 62.3 Å². The number of aryl methyl sites for hydroxylation is 1. The smallest absolute Gasteiger partial charge is 0.201 e. The van der Waals surface area contributed by atoms with Gasteiger partial charge in [0.25, 0.3) is 0 Å². The summed E-state index contributed by atoms with van der Waals surface area (Å²) < 4.78 is 26.2. The fourth-order valence-electron chi connectivity index (χ4n) is 2.68. The quantitative estimate of drug-likeness (QED) is 0.933. The molecule has 6 heteroatoms. The number of rotatable bonds is 4. The van der Waals surface area contributed by atoms with Crippen molar-refractivity contribution in [2.45, 2.75) is 31.9 Å². The maximum absolute atomic E-state index is 13.7. The molecule has 2 N–H and O–H groups in total. The van der Waals surface area contributed by atoms with E-state index in [9.17, 15) is 4.39 Å². The number of anilines is 1. The fourth-order valence-corrected chi connectivity index (χ4v) is 2.68. The molecule has 5 nitrogen and oxygen atoms in total. The first kappa shape index (κ1) is 13.2. The van der Waals surface area contributed by atoms with E-state index in [2.05, 4.69) is 4.98 Å². The molecule has 3 rings (SSSR count). The molecule has 2 heterocycles. The van der Waals surface area contributed by atoms with Crippen molar-refractivity contribution in [1.29, 1.82) is 0 Å². The van der Waals surface area contributed by atoms with Crippen LogP contribution in [0.15, 0.2) is 12.1 Å². The van der Waals surface area contributed by atoms with Gasteiger partial charge in [-0.25, -0.2) is 9.37 Å². The van der Waals surface area contributed by atoms with Crippen LogP contribution in [0.5, 0.6) is 5.75 Å². The number of nitrogen functional groups attached to an aromatic ring is 1. The fraction of sp³-hybridized carbons (Fsp3) is 0.500. The van der Waals surface area contributed by atoms with Gasteiger partial charge in [-0.15, -0.1) is 0 Å². The minimum atomic E-state index is -0.427. The first-order valence-corrected chi connectivity index (χ1v) is 6.80. The Morgan fingerprint density at radius 3 is 3.10 bits per heavy atom. The van der Waals surface area contributed by atoms with E-state index in [-0.39, 0.29) is 11.9 Å². The lowest BCUT2D eigenvalue weighted by atomic mass is 10.2. The second kappa shape index (κ2) is 5.28. The zero-order chi connectivity index (χ0) is 14.1. The van der Waals surface area contributed by atoms with Gasteiger partial charge in [0.05, 0.1) is 24.2 Å². The van der Waals surface area contributed by atoms with Gasteiger partial charge in [0, 0.05) is 25.3 Å². The molecule has 1 atom stereocenters. The molecule has 20 heavy (non-hydrogen) atoms. The van der Waals surface area contributed by atoms with E-state index in [1.807, 2.05) is 4.57 Å². The summed E-state index contributed by atoms with van der Waals surface area (Å²) in [5, 5.41) is 0. The number of hydrogen-bond donors (Lipinski definition) is 1. The Kier molecular flexibility index (Phi) is 3.48. The van der Waals surface area contributed by atoms with E-state index >= 15 is 0 Å². The highest BCUT2D eigenvalue weighted by atomic mass is 19.1. The van der Waals surface area contributed by atoms with Crippen LogP contribution in [0.1, 0.15) is 19.3 Å². The summed E-state index contributed by atoms with van der Waals surface area (Å²) in [7, 11) is 1.45. The number of benzene rings is 1. The van der Waals surface area contributed by atoms with Gasteiger partial charge in [-0.2, -0.15) is 0 Å². The van der Waals surface area contributed by atoms with Crippen molar-refractivity contribution < 1.29 is 13.9 Å². The molecule has 2 aromatic rings. The van der Waals surface area contributed by atoms with Gasteiger partial charge in [0.1, 0.15) is 0 Å². The van der Waals surface area contributed by atoms with Gasteiger partial charge in [0.2, 0.25) is 5.95 Å². The largest absolute Gasteiger partial charge is 0.494 e. The summed E-state index contributed by atoms with van der Waals surface area (Å²) in [5.74, 6) is 0.171. The highest BCUT2D eigenvalue weighted by Crippen LogP contribution is 2.27. The molecule has 108 valence electrons. The van der Waals surface area contributed by atoms with Gasteiger partial charge in [-0.3, -0.25) is 0 Å². The van der Waals surface area contributed by atoms with E-state index in [4.69, 9.17) is 15.2 Å². The van der Waals surface area contributed by atoms with E-state index in [0.29, 0.717) is 18.0 Å². The number of fused-ring (bicyclic) bond motifs is 1. The second-order valence-electron chi connectivity index (χ2n) is 5.02. The van der Waals surface area contributed by atoms with Crippen LogP contribution in [0.25, 0.3) is 11.0 Å². The summed E-state index contributed by atoms with van der Waals surface area (Å²) >= 11 is 0. The van der Waals surface area contributed by atoms with Crippen molar-refractivity contribution in [3.05, 3.63) is 17.9 Å². The predicted octanol–water partition coefficient (Wildman–Crippen LogP) is 2.34. The number of halogens is 1. The average Bonchev–Trinajstić information content (AvgIpc) is 3.03. The predicted molar refractivity (Wildman–Crippen MR) is 74.2 cm³/mol. The van der Waals surface area contributed by atoms with E-state index in [1.54, 1.807) is 6.07 Å². The Hall–Kier alpha value is -1.82. The van der Waals surface area contributed by atoms with Crippen LogP contribution in [0.3, 0.4) is 0 Å². The van der Waals surface area contributed by atoms with Crippen LogP contribution in [-0.4, -0.2) is 29.4 Å². The maximum Gasteiger partial charge on any atom is 0.201 e. The lowest BCUT2D eigenvalue weighted by Crippen LogP contribution is -2.11. The summed E-state index contributed by atoms with van der Waals surface area (Å²) in [6.45, 7) is 1.55. The van der Waals surface area contributed by atoms with Gasteiger partial charge in [0.15, 0.2) is 11.6 Å². The Balaban J connectivity index is 1.90. The molecule has 0 aliphatic carbocycles. The molecule has 1 saturated heterocycles. The van der Waals surface area contributed by atoms with Crippen LogP contribution in [0, 0.1) is 5.82 Å². The molecule has 0 bridgehead atoms. The summed E-state index contributed by atoms with van der Waals surface area (Å²) in [4.78, 5) is 4.20. The number of ether oxygens (including phenoxy) is 2. The van der Waals surface area contributed by atoms with E-state index < -0.39 is 5.82 Å². The highest BCUT2D eigenvalue weighted by Gasteiger charge is 2.18. The van der Waals surface area contributed by atoms with Gasteiger partial charge in [-0.1, -0.05) is 0 Å². The minimum Gasteiger partial charge on any atom is -0.494 e. The molecule has 1 aliphatic heterocycles. The number of aromatic nitrogens is 2. The zero-order valence-electron chi connectivity index (χ0n) is 11.4. The van der Waals surface area contributed by atoms with E-state index in [1.165, 1.54) is 13.2 Å². The number of methoxy groups -OCH3 is 1. The minimum absolute atomic E-state index is 0.204. The third-order valence-electron chi connectivity index (χ3n) is 3.75. The molecule has 1 unspecified atom stereocenters. The molecular formula is C14H18FN3O2. The van der Waals surface area contributed by atoms with Gasteiger partial charge >= 0.3 is 0 Å². The second-order valence-corrected chi connectivity index (χ2v) is 5.02. The summed E-state index contributed by atoms with van der Waals surface area (Å²) in [5.41, 5.74) is 7.27. The van der Waals surface area contributed by atoms with Crippen molar-refractivity contribution in [1.82, 2.24) is 9.55 Å². The van der Waals surface area contributed by atoms with E-state index in [0.717, 1.165) is 31.4 Å². The molecule has 1 fully saturated rings. The Bertz CT molecular complexity index is 620. The number of imidazole rings is 1. The van der Waals surface area contributed by atoms with Crippen LogP contribution >= 0.6 is 0 Å². The zero-order valence-corrected chi connectivity index (χ0v) is 11.4. The standard InChI is InChI=1S/C14H18FN3O2/c1-19-13-8-12-11(7-10(13)15)17-14(16)18(12)5-4-9-3-2-6-20-9/h7-9H,2-6H2,1H3,(H2,16,17). The number of nitrogens with zero attached hydrogens (tertiary/aromatic N) is 2. The van der Waals surface area contributed by atoms with Crippen LogP contribution in [0.2, 0.25) is 0 Å². The third kappa shape index (κ3) is 2.31. The normalized spacial score (nSPS) is 18.8. The molecule has 1 aromatic carbocycles. The Labute approximate surface area is 116 Å². The van der Waals surface area contributed by atoms with Crippen molar-refractivity contribution in [3.8, 4) is 5.75 Å². The summed E-state index contributed by atoms with van der Waals surface area (Å²) in [6.07, 6.45) is 3.37. The number of nitrogens with two attached hydrogens (primary N) is 1. The first-order chi connectivity index (χ1) is 9.69. The van der Waals surface area contributed by atoms with Gasteiger partial charge < -0.3 is 19.8 Å². The maximum atomic E-state index is 13.7. The molecule has 1 aliphatic rings. The lowest BCUT2D eigenvalue weighted by molar-refractivity contribution is 0.101. The first-order valence-electron chi connectivity index (χ1n) is 6.80. The molecule has 1 aromatic heterocycles. The molecule has 0 radical (unpaired) electrons. The highest BCUT2D eigenvalue weighted by molar-refractivity contribution is 5.80. The van der Waals surface area contributed by atoms with Crippen LogP contribution in [0.4, 0.5) is 10.3 Å². The molecule has 0 spiro atoms. The van der Waals surface area contributed by atoms with Crippen molar-refractivity contribution in [2.75, 3.05) is 19.5 Å². The van der Waals surface area contributed by atoms with Crippen molar-refractivity contribution >= 4 is 17.0 Å². The summed E-state index contributed by atoms with van der Waals surface area (Å²) in [6, 6.07) is 3.00. The van der Waals surface area contributed by atoms with Gasteiger partial charge in [-0.05, 0) is 19.3 Å². The Morgan fingerprint density at radius 2 is 2.40 bits per heavy atom. The van der Waals surface area contributed by atoms with Crippen LogP contribution < -0.4 is 10.5 Å². The molecular weight excluding hydrogens is 261 g/mol. The monoisotopic (exact) mass is 279 g/mol. The van der Waals surface area contributed by atoms with Crippen molar-refractivity contribution in [2.24, 2.45) is 0 Å². The molecule has 0 amide bonds. The SMILES string of the molecule is COc1cc2c(cc1F)nc(N)n2CCC1CCCO1. The average molecular weight is 279 g/mol. The lowest BCUT2D eigenvalue weighted by Gasteiger charge is -2.11. The van der Waals surface area contributed by atoms with Crippen LogP contribution in [-0.2, 0) is 11.3 Å². The number of hydrogen-bond acceptors (Lipinski definition) is 4. The Morgan fingerprint density at radius 1 is 1.55 bits per heavy atom. The third-order valence-corrected chi connectivity index (χ3v) is 3.75. The van der Waals surface area contributed by atoms with Crippen molar-refractivity contribution in [3.63, 3.8) is 0 Å².